The number of furan rings is 2. The van der Waals surface area contributed by atoms with Crippen molar-refractivity contribution in [3.63, 3.8) is 0 Å². The van der Waals surface area contributed by atoms with Crippen molar-refractivity contribution in [2.45, 2.75) is 0 Å². The van der Waals surface area contributed by atoms with Gasteiger partial charge in [0.15, 0.2) is 0 Å². The van der Waals surface area contributed by atoms with Gasteiger partial charge in [0.2, 0.25) is 0 Å². The summed E-state index contributed by atoms with van der Waals surface area (Å²) in [4.78, 5) is 2.58. The van der Waals surface area contributed by atoms with Crippen LogP contribution in [0.3, 0.4) is 0 Å². The van der Waals surface area contributed by atoms with Crippen LogP contribution in [0.2, 0.25) is 0 Å². The Kier molecular flexibility index (Phi) is 11.1. The number of para-hydroxylation sites is 5. The van der Waals surface area contributed by atoms with Crippen molar-refractivity contribution < 1.29 is 13.6 Å². The summed E-state index contributed by atoms with van der Waals surface area (Å²) >= 11 is 0. The molecule has 0 bridgehead atoms. The zero-order valence-corrected chi connectivity index (χ0v) is 48.6. The highest BCUT2D eigenvalue weighted by Gasteiger charge is 2.44. The molecule has 0 N–H and O–H groups in total. The zero-order valence-electron chi connectivity index (χ0n) is 48.6. The monoisotopic (exact) mass is 1150 g/mol. The van der Waals surface area contributed by atoms with E-state index in [1.165, 1.54) is 16.2 Å². The van der Waals surface area contributed by atoms with Crippen molar-refractivity contribution >= 4 is 106 Å². The molecule has 0 atom stereocenters. The average molecular weight is 1150 g/mol. The van der Waals surface area contributed by atoms with Gasteiger partial charge in [-0.1, -0.05) is 237 Å². The largest absolute Gasteiger partial charge is 0.458 e. The molecule has 5 nitrogen and oxygen atoms in total. The topological polar surface area (TPSA) is 43.7 Å². The highest BCUT2D eigenvalue weighted by atomic mass is 16.5. The molecule has 19 rings (SSSR count). The first-order chi connectivity index (χ1) is 44.6. The van der Waals surface area contributed by atoms with Gasteiger partial charge in [0, 0.05) is 72.0 Å². The van der Waals surface area contributed by atoms with Gasteiger partial charge in [-0.3, -0.25) is 0 Å². The second kappa shape index (κ2) is 19.8. The van der Waals surface area contributed by atoms with E-state index in [0.717, 1.165) is 167 Å². The molecule has 418 valence electrons. The van der Waals surface area contributed by atoms with E-state index in [0.29, 0.717) is 0 Å². The van der Waals surface area contributed by atoms with Crippen molar-refractivity contribution in [3.05, 3.63) is 309 Å². The number of rotatable bonds is 8. The number of ether oxygens (including phenoxy) is 1. The average Bonchev–Trinajstić information content (AvgIpc) is 0.823. The number of fused-ring (bicyclic) bond motifs is 13. The number of nitrogens with zero attached hydrogens (tertiary/aromatic N) is 2. The van der Waals surface area contributed by atoms with Gasteiger partial charge in [-0.15, -0.1) is 0 Å². The summed E-state index contributed by atoms with van der Waals surface area (Å²) in [6.07, 6.45) is 0. The van der Waals surface area contributed by atoms with Gasteiger partial charge in [0.1, 0.15) is 33.8 Å². The lowest BCUT2D eigenvalue weighted by atomic mass is 9.34. The third-order valence-corrected chi connectivity index (χ3v) is 18.8. The van der Waals surface area contributed by atoms with Gasteiger partial charge in [0.25, 0.3) is 6.71 Å². The van der Waals surface area contributed by atoms with Gasteiger partial charge in [-0.2, -0.15) is 0 Å². The minimum atomic E-state index is -0.232. The summed E-state index contributed by atoms with van der Waals surface area (Å²) in [6, 6.07) is 112. The van der Waals surface area contributed by atoms with Crippen molar-refractivity contribution in [2.75, 3.05) is 4.90 Å². The molecule has 3 aromatic heterocycles. The number of aromatic nitrogens is 1. The minimum Gasteiger partial charge on any atom is -0.458 e. The first kappa shape index (κ1) is 50.3. The predicted molar refractivity (Wildman–Crippen MR) is 374 cm³/mol. The van der Waals surface area contributed by atoms with E-state index in [1.807, 2.05) is 6.07 Å². The van der Waals surface area contributed by atoms with Gasteiger partial charge >= 0.3 is 0 Å². The fraction of sp³-hybridized carbons (Fsp3) is 0. The Morgan fingerprint density at radius 1 is 0.278 bits per heavy atom. The Morgan fingerprint density at radius 2 is 0.733 bits per heavy atom. The summed E-state index contributed by atoms with van der Waals surface area (Å²) in [5.41, 5.74) is 26.3. The van der Waals surface area contributed by atoms with E-state index in [9.17, 15) is 0 Å². The van der Waals surface area contributed by atoms with Crippen molar-refractivity contribution in [2.24, 2.45) is 0 Å². The van der Waals surface area contributed by atoms with Crippen LogP contribution >= 0.6 is 0 Å². The summed E-state index contributed by atoms with van der Waals surface area (Å²) in [6.45, 7) is -0.232. The van der Waals surface area contributed by atoms with Gasteiger partial charge in [0.05, 0.1) is 22.4 Å². The molecule has 0 amide bonds. The fourth-order valence-corrected chi connectivity index (χ4v) is 14.8. The van der Waals surface area contributed by atoms with Crippen LogP contribution in [0.15, 0.2) is 318 Å². The first-order valence-electron chi connectivity index (χ1n) is 30.8. The third kappa shape index (κ3) is 7.71. The maximum atomic E-state index is 7.69. The lowest BCUT2D eigenvalue weighted by Crippen LogP contribution is -2.59. The molecule has 0 saturated carbocycles. The standard InChI is InChI=1S/C84H51BN2O3/c1-5-22-52(23-6-1)61-34-21-35-62(53-24-7-2-8-25-53)82(61)87-75-48-56(58-44-67(54-26-9-3-10-27-54)83-69(46-58)65-32-15-19-38-77(65)89-83)40-42-71(75)85-72-43-41-57(59-45-68(55-28-11-4-12-29-55)84-70(47-59)66-33-16-20-39-78(66)90-84)49-79(72)88-80-51-60(50-76(87)81(80)85)86-73-36-17-13-30-63(73)64-31-14-18-37-74(64)86/h1-51H. The molecule has 2 aliphatic rings. The lowest BCUT2D eigenvalue weighted by Gasteiger charge is -2.42. The Hall–Kier alpha value is -11.9. The Balaban J connectivity index is 0.912. The van der Waals surface area contributed by atoms with Crippen molar-refractivity contribution in [1.82, 2.24) is 4.57 Å². The third-order valence-electron chi connectivity index (χ3n) is 18.8. The summed E-state index contributed by atoms with van der Waals surface area (Å²) in [5.74, 6) is 1.62. The smallest absolute Gasteiger partial charge is 0.256 e. The molecule has 0 radical (unpaired) electrons. The molecule has 17 aromatic rings. The second-order valence-electron chi connectivity index (χ2n) is 23.8. The summed E-state index contributed by atoms with van der Waals surface area (Å²) in [7, 11) is 0. The minimum absolute atomic E-state index is 0.232. The normalized spacial score (nSPS) is 12.5. The summed E-state index contributed by atoms with van der Waals surface area (Å²) < 4.78 is 23.6. The second-order valence-corrected chi connectivity index (χ2v) is 23.8. The van der Waals surface area contributed by atoms with Crippen LogP contribution in [-0.2, 0) is 0 Å². The van der Waals surface area contributed by atoms with Crippen molar-refractivity contribution in [1.29, 1.82) is 0 Å². The van der Waals surface area contributed by atoms with E-state index >= 15 is 0 Å². The Labute approximate surface area is 519 Å². The SMILES string of the molecule is c1ccc(-c2cccc(-c3ccccc3)c2N2c3cc(-c4cc(-c5ccccc5)c5oc6ccccc6c5c4)ccc3B3c4ccc(-c5cc(-c6ccccc6)c6oc7ccccc7c6c5)cc4Oc4cc(-n5c6ccccc6c6ccccc65)cc2c43)cc1. The van der Waals surface area contributed by atoms with Crippen LogP contribution in [-0.4, -0.2) is 11.3 Å². The molecule has 5 heterocycles. The molecule has 0 spiro atoms. The van der Waals surface area contributed by atoms with Gasteiger partial charge in [-0.05, 0) is 128 Å². The molecule has 0 fully saturated rings. The van der Waals surface area contributed by atoms with Gasteiger partial charge < -0.3 is 23.0 Å². The molecule has 0 unspecified atom stereocenters. The maximum absolute atomic E-state index is 7.69. The first-order valence-corrected chi connectivity index (χ1v) is 30.8. The van der Waals surface area contributed by atoms with Gasteiger partial charge in [-0.25, -0.2) is 0 Å². The van der Waals surface area contributed by atoms with E-state index in [-0.39, 0.29) is 6.71 Å². The molecule has 0 aliphatic carbocycles. The molecule has 2 aliphatic heterocycles. The molecule has 6 heteroatoms. The summed E-state index contributed by atoms with van der Waals surface area (Å²) in [5, 5.41) is 6.70. The molecule has 0 saturated heterocycles. The van der Waals surface area contributed by atoms with Crippen LogP contribution in [0.5, 0.6) is 11.5 Å². The van der Waals surface area contributed by atoms with Crippen LogP contribution in [0.25, 0.3) is 138 Å². The maximum Gasteiger partial charge on any atom is 0.256 e. The highest BCUT2D eigenvalue weighted by Crippen LogP contribution is 2.52. The van der Waals surface area contributed by atoms with Crippen molar-refractivity contribution in [3.8, 4) is 83.9 Å². The zero-order chi connectivity index (χ0) is 59.0. The number of benzene rings is 14. The van der Waals surface area contributed by atoms with Crippen LogP contribution < -0.4 is 26.0 Å². The van der Waals surface area contributed by atoms with E-state index in [2.05, 4.69) is 313 Å². The number of hydrogen-bond acceptors (Lipinski definition) is 4. The molecular formula is C84H51BN2O3. The van der Waals surface area contributed by atoms with Crippen LogP contribution in [0.1, 0.15) is 0 Å². The molecular weight excluding hydrogens is 1100 g/mol. The number of anilines is 3. The highest BCUT2D eigenvalue weighted by molar-refractivity contribution is 6.99. The van der Waals surface area contributed by atoms with Crippen LogP contribution in [0.4, 0.5) is 17.1 Å². The molecule has 14 aromatic carbocycles. The Bertz CT molecular complexity index is 5660. The lowest BCUT2D eigenvalue weighted by molar-refractivity contribution is 0.487. The van der Waals surface area contributed by atoms with E-state index in [4.69, 9.17) is 13.6 Å². The van der Waals surface area contributed by atoms with E-state index in [1.54, 1.807) is 0 Å². The quantitative estimate of drug-likeness (QED) is 0.142. The van der Waals surface area contributed by atoms with E-state index < -0.39 is 0 Å². The fourth-order valence-electron chi connectivity index (χ4n) is 14.8. The molecule has 90 heavy (non-hydrogen) atoms. The van der Waals surface area contributed by atoms with Crippen LogP contribution in [0, 0.1) is 0 Å². The predicted octanol–water partition coefficient (Wildman–Crippen LogP) is 21.0. The number of hydrogen-bond donors (Lipinski definition) is 0. The Morgan fingerprint density at radius 3 is 1.27 bits per heavy atom.